The van der Waals surface area contributed by atoms with Crippen molar-refractivity contribution < 1.29 is 27.2 Å². The first kappa shape index (κ1) is 31.8. The Morgan fingerprint density at radius 3 is 2.40 bits per heavy atom. The fraction of sp³-hybridized carbons (Fsp3) is 0.379. The Labute approximate surface area is 248 Å². The molecule has 1 atom stereocenters. The van der Waals surface area contributed by atoms with Crippen LogP contribution in [0.4, 0.5) is 5.69 Å². The van der Waals surface area contributed by atoms with Crippen LogP contribution in [-0.2, 0) is 16.5 Å². The first-order valence-electron chi connectivity index (χ1n) is 13.0. The highest BCUT2D eigenvalue weighted by molar-refractivity contribution is 7.85. The van der Waals surface area contributed by atoms with Crippen molar-refractivity contribution in [1.82, 2.24) is 5.32 Å². The largest absolute Gasteiger partial charge is 0.495 e. The van der Waals surface area contributed by atoms with Gasteiger partial charge in [0.05, 0.1) is 17.7 Å². The normalized spacial score (nSPS) is 16.9. The molecule has 0 radical (unpaired) electrons. The molecular formula is C29H36Cl2N2O6S. The van der Waals surface area contributed by atoms with Crippen LogP contribution in [0.15, 0.2) is 71.6 Å². The summed E-state index contributed by atoms with van der Waals surface area (Å²) in [4.78, 5) is 2.29. The SMILES string of the molecule is COc1ccccc1N1CCC(CNCC2COc3cccc(Cc4ccc(S(=O)(=O)O)cc4)c3O2)CC1.Cl.Cl. The molecule has 3 aromatic carbocycles. The van der Waals surface area contributed by atoms with Crippen LogP contribution in [0.2, 0.25) is 0 Å². The fourth-order valence-corrected chi connectivity index (χ4v) is 5.63. The molecule has 40 heavy (non-hydrogen) atoms. The topological polar surface area (TPSA) is 97.3 Å². The Hall–Kier alpha value is -2.69. The Morgan fingerprint density at radius 1 is 0.975 bits per heavy atom. The van der Waals surface area contributed by atoms with Crippen molar-refractivity contribution in [2.24, 2.45) is 5.92 Å². The standard InChI is InChI=1S/C29H34N2O6S.2ClH/c1-35-27-7-3-2-6-26(27)31-15-13-22(14-16-31)18-30-19-24-20-36-28-8-4-5-23(29(28)37-24)17-21-9-11-25(12-10-21)38(32,33)34;;/h2-12,22,24,30H,13-20H2,1H3,(H,32,33,34);2*1H. The van der Waals surface area contributed by atoms with E-state index in [9.17, 15) is 13.0 Å². The minimum Gasteiger partial charge on any atom is -0.495 e. The molecule has 0 bridgehead atoms. The van der Waals surface area contributed by atoms with Gasteiger partial charge >= 0.3 is 0 Å². The highest BCUT2D eigenvalue weighted by atomic mass is 35.5. The second-order valence-corrected chi connectivity index (χ2v) is 11.3. The molecule has 8 nitrogen and oxygen atoms in total. The van der Waals surface area contributed by atoms with Gasteiger partial charge in [0.25, 0.3) is 10.1 Å². The first-order valence-corrected chi connectivity index (χ1v) is 14.4. The lowest BCUT2D eigenvalue weighted by Crippen LogP contribution is -2.42. The average Bonchev–Trinajstić information content (AvgIpc) is 2.93. The Bertz CT molecular complexity index is 1350. The van der Waals surface area contributed by atoms with Gasteiger partial charge < -0.3 is 24.4 Å². The summed E-state index contributed by atoms with van der Waals surface area (Å²) in [7, 11) is -2.49. The summed E-state index contributed by atoms with van der Waals surface area (Å²) >= 11 is 0. The van der Waals surface area contributed by atoms with E-state index in [1.165, 1.54) is 12.1 Å². The quantitative estimate of drug-likeness (QED) is 0.326. The van der Waals surface area contributed by atoms with Crippen LogP contribution in [0.3, 0.4) is 0 Å². The molecule has 5 rings (SSSR count). The molecule has 2 aliphatic rings. The molecule has 1 saturated heterocycles. The molecular weight excluding hydrogens is 575 g/mol. The summed E-state index contributed by atoms with van der Waals surface area (Å²) in [5, 5.41) is 3.59. The van der Waals surface area contributed by atoms with Crippen molar-refractivity contribution >= 4 is 40.6 Å². The molecule has 3 aromatic rings. The summed E-state index contributed by atoms with van der Waals surface area (Å²) < 4.78 is 49.8. The van der Waals surface area contributed by atoms with E-state index in [-0.39, 0.29) is 35.8 Å². The summed E-state index contributed by atoms with van der Waals surface area (Å²) in [6.45, 7) is 4.14. The van der Waals surface area contributed by atoms with E-state index in [2.05, 4.69) is 22.3 Å². The second-order valence-electron chi connectivity index (χ2n) is 9.85. The van der Waals surface area contributed by atoms with Crippen molar-refractivity contribution in [1.29, 1.82) is 0 Å². The van der Waals surface area contributed by atoms with Crippen LogP contribution in [0.5, 0.6) is 17.2 Å². The fourth-order valence-electron chi connectivity index (χ4n) is 5.15. The van der Waals surface area contributed by atoms with Gasteiger partial charge in [-0.3, -0.25) is 4.55 Å². The van der Waals surface area contributed by atoms with Gasteiger partial charge in [0.1, 0.15) is 18.5 Å². The minimum atomic E-state index is -4.21. The van der Waals surface area contributed by atoms with Gasteiger partial charge in [-0.2, -0.15) is 8.42 Å². The number of hydrogen-bond acceptors (Lipinski definition) is 7. The lowest BCUT2D eigenvalue weighted by molar-refractivity contribution is 0.0882. The highest BCUT2D eigenvalue weighted by Gasteiger charge is 2.25. The van der Waals surface area contributed by atoms with E-state index in [0.717, 1.165) is 66.5 Å². The van der Waals surface area contributed by atoms with Crippen molar-refractivity contribution in [3.05, 3.63) is 77.9 Å². The third-order valence-electron chi connectivity index (χ3n) is 7.23. The summed E-state index contributed by atoms with van der Waals surface area (Å²) in [5.41, 5.74) is 3.04. The summed E-state index contributed by atoms with van der Waals surface area (Å²) in [6, 6.07) is 20.2. The maximum atomic E-state index is 11.3. The molecule has 0 aliphatic carbocycles. The molecule has 11 heteroatoms. The van der Waals surface area contributed by atoms with E-state index >= 15 is 0 Å². The van der Waals surface area contributed by atoms with Crippen LogP contribution >= 0.6 is 24.8 Å². The van der Waals surface area contributed by atoms with Crippen molar-refractivity contribution in [2.75, 3.05) is 44.8 Å². The summed E-state index contributed by atoms with van der Waals surface area (Å²) in [5.74, 6) is 2.99. The highest BCUT2D eigenvalue weighted by Crippen LogP contribution is 2.36. The number of rotatable bonds is 9. The van der Waals surface area contributed by atoms with Crippen molar-refractivity contribution in [2.45, 2.75) is 30.3 Å². The molecule has 218 valence electrons. The van der Waals surface area contributed by atoms with E-state index < -0.39 is 10.1 Å². The van der Waals surface area contributed by atoms with Gasteiger partial charge in [0.15, 0.2) is 11.5 Å². The molecule has 0 saturated carbocycles. The number of piperidine rings is 1. The molecule has 0 amide bonds. The van der Waals surface area contributed by atoms with Crippen LogP contribution in [0.1, 0.15) is 24.0 Å². The number of benzene rings is 3. The Balaban J connectivity index is 0.00000220. The number of nitrogens with zero attached hydrogens (tertiary/aromatic N) is 1. The Kier molecular flexibility index (Phi) is 11.4. The van der Waals surface area contributed by atoms with E-state index in [1.54, 1.807) is 19.2 Å². The van der Waals surface area contributed by atoms with Crippen molar-refractivity contribution in [3.8, 4) is 17.2 Å². The average molecular weight is 612 g/mol. The van der Waals surface area contributed by atoms with Gasteiger partial charge in [0, 0.05) is 31.6 Å². The van der Waals surface area contributed by atoms with Crippen LogP contribution in [-0.4, -0.2) is 59.0 Å². The molecule has 2 aliphatic heterocycles. The van der Waals surface area contributed by atoms with Crippen LogP contribution in [0.25, 0.3) is 0 Å². The zero-order valence-corrected chi connectivity index (χ0v) is 24.8. The zero-order valence-electron chi connectivity index (χ0n) is 22.3. The lowest BCUT2D eigenvalue weighted by atomic mass is 9.96. The molecule has 0 spiro atoms. The summed E-state index contributed by atoms with van der Waals surface area (Å²) in [6.07, 6.45) is 2.70. The van der Waals surface area contributed by atoms with E-state index in [0.29, 0.717) is 25.5 Å². The van der Waals surface area contributed by atoms with Gasteiger partial charge in [-0.05, 0) is 61.2 Å². The van der Waals surface area contributed by atoms with E-state index in [4.69, 9.17) is 14.2 Å². The third kappa shape index (κ3) is 7.73. The predicted molar refractivity (Wildman–Crippen MR) is 161 cm³/mol. The van der Waals surface area contributed by atoms with Crippen LogP contribution in [0, 0.1) is 5.92 Å². The maximum absolute atomic E-state index is 11.3. The lowest BCUT2D eigenvalue weighted by Gasteiger charge is -2.35. The monoisotopic (exact) mass is 610 g/mol. The predicted octanol–water partition coefficient (Wildman–Crippen LogP) is 5.02. The zero-order chi connectivity index (χ0) is 26.5. The number of hydrogen-bond donors (Lipinski definition) is 2. The molecule has 0 aromatic heterocycles. The smallest absolute Gasteiger partial charge is 0.294 e. The number of halogens is 2. The first-order chi connectivity index (χ1) is 18.4. The maximum Gasteiger partial charge on any atom is 0.294 e. The third-order valence-corrected chi connectivity index (χ3v) is 8.10. The second kappa shape index (κ2) is 14.3. The molecule has 2 N–H and O–H groups in total. The number of anilines is 1. The number of ether oxygens (including phenoxy) is 3. The molecule has 1 unspecified atom stereocenters. The molecule has 1 fully saturated rings. The Morgan fingerprint density at radius 2 is 1.70 bits per heavy atom. The molecule has 2 heterocycles. The van der Waals surface area contributed by atoms with Gasteiger partial charge in [0.2, 0.25) is 0 Å². The number of para-hydroxylation sites is 3. The number of methoxy groups -OCH3 is 1. The van der Waals surface area contributed by atoms with E-state index in [1.807, 2.05) is 30.3 Å². The van der Waals surface area contributed by atoms with Crippen molar-refractivity contribution in [3.63, 3.8) is 0 Å². The minimum absolute atomic E-state index is 0. The van der Waals surface area contributed by atoms with Gasteiger partial charge in [-0.1, -0.05) is 36.4 Å². The number of nitrogens with one attached hydrogen (secondary N) is 1. The van der Waals surface area contributed by atoms with Gasteiger partial charge in [-0.15, -0.1) is 24.8 Å². The van der Waals surface area contributed by atoms with Gasteiger partial charge in [-0.25, -0.2) is 0 Å². The van der Waals surface area contributed by atoms with Crippen LogP contribution < -0.4 is 24.4 Å². The number of fused-ring (bicyclic) bond motifs is 1.